The van der Waals surface area contributed by atoms with Gasteiger partial charge in [-0.2, -0.15) is 13.2 Å². The Bertz CT molecular complexity index is 1170. The minimum Gasteiger partial charge on any atom is -0.459 e. The SMILES string of the molecule is CO[C@@H]1OC[C@H]2O[C@]1(COCc1ccccc1)C[C@H](OC(=O)[C@@](OC)(c1ccccc1)C(F)(F)F)[C@@H]2N=[N+]=[N-]. The Morgan fingerprint density at radius 1 is 1.13 bits per heavy atom. The number of nitrogens with zero attached hydrogens (tertiary/aromatic N) is 3. The summed E-state index contributed by atoms with van der Waals surface area (Å²) in [4.78, 5) is 16.2. The van der Waals surface area contributed by atoms with Gasteiger partial charge in [-0.1, -0.05) is 65.8 Å². The summed E-state index contributed by atoms with van der Waals surface area (Å²) < 4.78 is 77.1. The van der Waals surface area contributed by atoms with Crippen LogP contribution in [0.2, 0.25) is 0 Å². The minimum absolute atomic E-state index is 0.110. The van der Waals surface area contributed by atoms with Crippen molar-refractivity contribution >= 4 is 5.97 Å². The van der Waals surface area contributed by atoms with Crippen molar-refractivity contribution < 1.29 is 46.4 Å². The van der Waals surface area contributed by atoms with Gasteiger partial charge in [-0.3, -0.25) is 0 Å². The maximum absolute atomic E-state index is 14.5. The zero-order valence-corrected chi connectivity index (χ0v) is 21.2. The molecule has 0 amide bonds. The predicted molar refractivity (Wildman–Crippen MR) is 129 cm³/mol. The largest absolute Gasteiger partial charge is 0.459 e. The third-order valence-electron chi connectivity index (χ3n) is 6.82. The van der Waals surface area contributed by atoms with E-state index < -0.39 is 53.5 Å². The van der Waals surface area contributed by atoms with Crippen LogP contribution in [-0.2, 0) is 45.4 Å². The number of hydrogen-bond acceptors (Lipinski definition) is 8. The molecule has 0 aromatic heterocycles. The van der Waals surface area contributed by atoms with Crippen LogP contribution in [0.1, 0.15) is 17.5 Å². The van der Waals surface area contributed by atoms with Crippen LogP contribution in [0, 0.1) is 0 Å². The molecule has 0 N–H and O–H groups in total. The molecule has 0 aliphatic carbocycles. The molecule has 2 saturated heterocycles. The summed E-state index contributed by atoms with van der Waals surface area (Å²) in [6.45, 7) is -0.0302. The highest BCUT2D eigenvalue weighted by Crippen LogP contribution is 2.45. The van der Waals surface area contributed by atoms with Crippen LogP contribution >= 0.6 is 0 Å². The molecule has 2 heterocycles. The fraction of sp³-hybridized carbons (Fsp3) is 0.500. The maximum Gasteiger partial charge on any atom is 0.432 e. The molecule has 2 aliphatic heterocycles. The fourth-order valence-electron chi connectivity index (χ4n) is 5.03. The van der Waals surface area contributed by atoms with Crippen LogP contribution in [0.4, 0.5) is 13.2 Å². The van der Waals surface area contributed by atoms with Crippen molar-refractivity contribution in [1.82, 2.24) is 0 Å². The molecule has 0 spiro atoms. The van der Waals surface area contributed by atoms with E-state index in [1.807, 2.05) is 30.3 Å². The van der Waals surface area contributed by atoms with Gasteiger partial charge in [0, 0.05) is 31.1 Å². The van der Waals surface area contributed by atoms with Gasteiger partial charge in [-0.05, 0) is 11.1 Å². The van der Waals surface area contributed by atoms with Crippen LogP contribution in [0.25, 0.3) is 10.4 Å². The third kappa shape index (κ3) is 5.60. The molecule has 210 valence electrons. The predicted octanol–water partition coefficient (Wildman–Crippen LogP) is 4.43. The highest BCUT2D eigenvalue weighted by molar-refractivity contribution is 5.83. The van der Waals surface area contributed by atoms with Crippen molar-refractivity contribution in [3.8, 4) is 0 Å². The fourth-order valence-corrected chi connectivity index (χ4v) is 5.03. The molecule has 39 heavy (non-hydrogen) atoms. The number of carbonyl (C=O) groups is 1. The summed E-state index contributed by atoms with van der Waals surface area (Å²) in [5.74, 6) is -1.71. The average molecular weight is 552 g/mol. The number of azide groups is 1. The number of alkyl halides is 3. The number of ether oxygens (including phenoxy) is 6. The zero-order valence-electron chi connectivity index (χ0n) is 21.2. The van der Waals surface area contributed by atoms with Crippen LogP contribution in [0.15, 0.2) is 65.8 Å². The van der Waals surface area contributed by atoms with Gasteiger partial charge in [-0.25, -0.2) is 4.79 Å². The van der Waals surface area contributed by atoms with Crippen LogP contribution in [0.3, 0.4) is 0 Å². The van der Waals surface area contributed by atoms with Crippen LogP contribution < -0.4 is 0 Å². The molecule has 2 aliphatic rings. The van der Waals surface area contributed by atoms with Gasteiger partial charge in [0.1, 0.15) is 17.7 Å². The average Bonchev–Trinajstić information content (AvgIpc) is 2.92. The Hall–Kier alpha value is -3.19. The lowest BCUT2D eigenvalue weighted by Gasteiger charge is -2.53. The summed E-state index contributed by atoms with van der Waals surface area (Å²) in [7, 11) is 2.15. The Labute approximate surface area is 222 Å². The van der Waals surface area contributed by atoms with E-state index in [2.05, 4.69) is 10.0 Å². The third-order valence-corrected chi connectivity index (χ3v) is 6.82. The van der Waals surface area contributed by atoms with Gasteiger partial charge in [0.05, 0.1) is 25.9 Å². The molecule has 2 aromatic rings. The first kappa shape index (κ1) is 28.8. The molecule has 6 atom stereocenters. The van der Waals surface area contributed by atoms with Crippen LogP contribution in [0.5, 0.6) is 0 Å². The molecule has 2 aromatic carbocycles. The molecule has 0 saturated carbocycles. The lowest BCUT2D eigenvalue weighted by atomic mass is 9.84. The van der Waals surface area contributed by atoms with Crippen molar-refractivity contribution in [3.63, 3.8) is 0 Å². The highest BCUT2D eigenvalue weighted by atomic mass is 19.4. The molecule has 0 unspecified atom stereocenters. The topological polar surface area (TPSA) is 121 Å². The number of rotatable bonds is 10. The maximum atomic E-state index is 14.5. The molecular weight excluding hydrogens is 523 g/mol. The number of carbonyl (C=O) groups excluding carboxylic acids is 1. The van der Waals surface area contributed by atoms with Crippen molar-refractivity contribution in [1.29, 1.82) is 0 Å². The molecule has 10 nitrogen and oxygen atoms in total. The smallest absolute Gasteiger partial charge is 0.432 e. The molecule has 2 bridgehead atoms. The number of benzene rings is 2. The second-order valence-corrected chi connectivity index (χ2v) is 9.19. The number of hydrogen-bond donors (Lipinski definition) is 0. The standard InChI is InChI=1S/C26H28F3N3O7/c1-34-23-24(16-36-14-17-9-5-3-6-10-17)13-19(21(31-32-30)20(39-24)15-37-23)38-22(33)25(35-2,26(27,28)29)18-11-7-4-8-12-18/h3-12,19-21,23H,13-16H2,1-2H3/t19-,20+,21-,23+,24-,25-/m0/s1. The highest BCUT2D eigenvalue weighted by Gasteiger charge is 2.65. The molecular formula is C26H28F3N3O7. The van der Waals surface area contributed by atoms with E-state index in [-0.39, 0.29) is 26.2 Å². The van der Waals surface area contributed by atoms with E-state index in [0.717, 1.165) is 24.8 Å². The van der Waals surface area contributed by atoms with Crippen LogP contribution in [-0.4, -0.2) is 69.7 Å². The van der Waals surface area contributed by atoms with Gasteiger partial charge in [-0.15, -0.1) is 0 Å². The molecule has 0 radical (unpaired) electrons. The molecule has 4 rings (SSSR count). The van der Waals surface area contributed by atoms with Gasteiger partial charge in [0.2, 0.25) is 0 Å². The van der Waals surface area contributed by atoms with Gasteiger partial charge in [0.25, 0.3) is 5.60 Å². The first-order valence-electron chi connectivity index (χ1n) is 12.1. The van der Waals surface area contributed by atoms with Gasteiger partial charge >= 0.3 is 12.1 Å². The number of esters is 1. The number of halogens is 3. The van der Waals surface area contributed by atoms with Crippen molar-refractivity contribution in [2.24, 2.45) is 5.11 Å². The monoisotopic (exact) mass is 551 g/mol. The summed E-state index contributed by atoms with van der Waals surface area (Å²) in [6, 6.07) is 14.5. The van der Waals surface area contributed by atoms with E-state index in [9.17, 15) is 23.5 Å². The summed E-state index contributed by atoms with van der Waals surface area (Å²) in [6.07, 6.45) is -8.70. The van der Waals surface area contributed by atoms with E-state index >= 15 is 0 Å². The van der Waals surface area contributed by atoms with Crippen molar-refractivity contribution in [3.05, 3.63) is 82.2 Å². The summed E-state index contributed by atoms with van der Waals surface area (Å²) in [5.41, 5.74) is 4.80. The van der Waals surface area contributed by atoms with E-state index in [1.165, 1.54) is 25.3 Å². The lowest BCUT2D eigenvalue weighted by molar-refractivity contribution is -0.351. The summed E-state index contributed by atoms with van der Waals surface area (Å²) in [5, 5.41) is 3.69. The molecule has 2 fully saturated rings. The normalized spacial score (nSPS) is 28.1. The Kier molecular flexibility index (Phi) is 8.80. The van der Waals surface area contributed by atoms with E-state index in [1.54, 1.807) is 0 Å². The molecule has 13 heteroatoms. The van der Waals surface area contributed by atoms with Gasteiger partial charge in [0.15, 0.2) is 6.29 Å². The van der Waals surface area contributed by atoms with Crippen molar-refractivity contribution in [2.75, 3.05) is 27.4 Å². The Balaban J connectivity index is 1.65. The number of methoxy groups -OCH3 is 2. The lowest BCUT2D eigenvalue weighted by Crippen LogP contribution is -2.67. The number of fused-ring (bicyclic) bond motifs is 2. The zero-order chi connectivity index (χ0) is 28.1. The van der Waals surface area contributed by atoms with E-state index in [0.29, 0.717) is 0 Å². The first-order chi connectivity index (χ1) is 18.7. The van der Waals surface area contributed by atoms with E-state index in [4.69, 9.17) is 28.4 Å². The second-order valence-electron chi connectivity index (χ2n) is 9.19. The quantitative estimate of drug-likeness (QED) is 0.185. The summed E-state index contributed by atoms with van der Waals surface area (Å²) >= 11 is 0. The minimum atomic E-state index is -5.18. The first-order valence-corrected chi connectivity index (χ1v) is 12.1. The Morgan fingerprint density at radius 3 is 2.38 bits per heavy atom. The van der Waals surface area contributed by atoms with Crippen molar-refractivity contribution in [2.45, 2.75) is 54.9 Å². The van der Waals surface area contributed by atoms with Gasteiger partial charge < -0.3 is 28.4 Å². The Morgan fingerprint density at radius 2 is 1.79 bits per heavy atom. The second kappa shape index (κ2) is 11.9.